The molecule has 0 bridgehead atoms. The zero-order valence-corrected chi connectivity index (χ0v) is 16.8. The number of hydrogen-bond acceptors (Lipinski definition) is 4. The zero-order chi connectivity index (χ0) is 19.6. The average molecular weight is 402 g/mol. The molecule has 1 aliphatic heterocycles. The monoisotopic (exact) mass is 401 g/mol. The minimum absolute atomic E-state index is 0.291. The SMILES string of the molecule is C=C1C=C(c2sccc2F)N=C(c2cc(CNC(=C)C(C)C)ccc2Cl)N1. The van der Waals surface area contributed by atoms with Crippen molar-refractivity contribution in [1.29, 1.82) is 0 Å². The average Bonchev–Trinajstić information content (AvgIpc) is 3.06. The summed E-state index contributed by atoms with van der Waals surface area (Å²) in [6.07, 6.45) is 1.73. The Labute approximate surface area is 168 Å². The van der Waals surface area contributed by atoms with E-state index in [0.29, 0.717) is 39.6 Å². The first-order chi connectivity index (χ1) is 12.8. The Morgan fingerprint density at radius 2 is 2.15 bits per heavy atom. The van der Waals surface area contributed by atoms with Gasteiger partial charge >= 0.3 is 0 Å². The van der Waals surface area contributed by atoms with E-state index in [1.807, 2.05) is 18.2 Å². The third-order valence-electron chi connectivity index (χ3n) is 4.17. The summed E-state index contributed by atoms with van der Waals surface area (Å²) < 4.78 is 14.0. The summed E-state index contributed by atoms with van der Waals surface area (Å²) in [4.78, 5) is 5.07. The minimum Gasteiger partial charge on any atom is -0.385 e. The van der Waals surface area contributed by atoms with Crippen molar-refractivity contribution in [2.45, 2.75) is 20.4 Å². The van der Waals surface area contributed by atoms with Crippen LogP contribution >= 0.6 is 22.9 Å². The number of allylic oxidation sites excluding steroid dienone is 2. The summed E-state index contributed by atoms with van der Waals surface area (Å²) in [5.74, 6) is 0.623. The van der Waals surface area contributed by atoms with Crippen LogP contribution in [0.25, 0.3) is 5.70 Å². The van der Waals surface area contributed by atoms with E-state index in [-0.39, 0.29) is 5.82 Å². The molecule has 0 radical (unpaired) electrons. The second kappa shape index (κ2) is 8.11. The van der Waals surface area contributed by atoms with Crippen LogP contribution in [0, 0.1) is 11.7 Å². The highest BCUT2D eigenvalue weighted by atomic mass is 35.5. The first-order valence-corrected chi connectivity index (χ1v) is 9.82. The molecule has 0 aliphatic carbocycles. The number of hydrogen-bond donors (Lipinski definition) is 2. The third kappa shape index (κ3) is 4.49. The third-order valence-corrected chi connectivity index (χ3v) is 5.42. The van der Waals surface area contributed by atoms with Crippen LogP contribution < -0.4 is 10.6 Å². The molecule has 3 nitrogen and oxygen atoms in total. The van der Waals surface area contributed by atoms with Gasteiger partial charge in [-0.1, -0.05) is 44.7 Å². The van der Waals surface area contributed by atoms with Gasteiger partial charge in [-0.25, -0.2) is 9.38 Å². The van der Waals surface area contributed by atoms with Gasteiger partial charge < -0.3 is 10.6 Å². The maximum absolute atomic E-state index is 14.0. The standard InChI is InChI=1S/C21H21ClFN3S/c1-12(2)14(4)24-11-15-5-6-17(22)16(10-15)21-25-13(3)9-19(26-21)20-18(23)7-8-27-20/h5-10,12,24H,3-4,11H2,1-2H3,(H,25,26). The highest BCUT2D eigenvalue weighted by Gasteiger charge is 2.18. The van der Waals surface area contributed by atoms with E-state index in [9.17, 15) is 4.39 Å². The maximum atomic E-state index is 14.0. The van der Waals surface area contributed by atoms with Gasteiger partial charge in [-0.15, -0.1) is 11.3 Å². The molecule has 1 aliphatic rings. The predicted molar refractivity (Wildman–Crippen MR) is 113 cm³/mol. The highest BCUT2D eigenvalue weighted by molar-refractivity contribution is 7.11. The van der Waals surface area contributed by atoms with Gasteiger partial charge in [0.1, 0.15) is 11.7 Å². The van der Waals surface area contributed by atoms with Crippen LogP contribution in [-0.4, -0.2) is 5.84 Å². The minimum atomic E-state index is -0.291. The van der Waals surface area contributed by atoms with Crippen molar-refractivity contribution in [2.24, 2.45) is 10.9 Å². The number of nitrogens with zero attached hydrogens (tertiary/aromatic N) is 1. The summed E-state index contributed by atoms with van der Waals surface area (Å²) in [5.41, 5.74) is 3.94. The molecule has 0 atom stereocenters. The van der Waals surface area contributed by atoms with Gasteiger partial charge in [0.15, 0.2) is 0 Å². The Bertz CT molecular complexity index is 956. The van der Waals surface area contributed by atoms with Crippen LogP contribution in [0.2, 0.25) is 5.02 Å². The van der Waals surface area contributed by atoms with Crippen LogP contribution in [0.15, 0.2) is 65.3 Å². The molecule has 2 aromatic rings. The molecule has 1 aromatic carbocycles. The molecular weight excluding hydrogens is 381 g/mol. The molecule has 2 heterocycles. The number of amidine groups is 1. The van der Waals surface area contributed by atoms with Gasteiger partial charge in [-0.3, -0.25) is 0 Å². The van der Waals surface area contributed by atoms with Crippen molar-refractivity contribution >= 4 is 34.5 Å². The topological polar surface area (TPSA) is 36.4 Å². The molecule has 0 unspecified atom stereocenters. The number of aliphatic imine (C=N–C) groups is 1. The van der Waals surface area contributed by atoms with Gasteiger partial charge in [0.05, 0.1) is 15.6 Å². The van der Waals surface area contributed by atoms with Crippen molar-refractivity contribution in [1.82, 2.24) is 10.6 Å². The first-order valence-electron chi connectivity index (χ1n) is 8.56. The molecule has 0 spiro atoms. The van der Waals surface area contributed by atoms with Gasteiger partial charge in [-0.05, 0) is 41.1 Å². The molecule has 0 saturated carbocycles. The van der Waals surface area contributed by atoms with E-state index in [4.69, 9.17) is 11.6 Å². The van der Waals surface area contributed by atoms with Crippen molar-refractivity contribution in [2.75, 3.05) is 0 Å². The normalized spacial score (nSPS) is 13.9. The van der Waals surface area contributed by atoms with Crippen molar-refractivity contribution in [3.63, 3.8) is 0 Å². The van der Waals surface area contributed by atoms with E-state index in [0.717, 1.165) is 16.8 Å². The largest absolute Gasteiger partial charge is 0.385 e. The Balaban J connectivity index is 1.91. The lowest BCUT2D eigenvalue weighted by Crippen LogP contribution is -2.26. The number of nitrogens with one attached hydrogen (secondary N) is 2. The van der Waals surface area contributed by atoms with Crippen LogP contribution in [-0.2, 0) is 6.54 Å². The molecule has 27 heavy (non-hydrogen) atoms. The molecule has 140 valence electrons. The Morgan fingerprint density at radius 3 is 2.81 bits per heavy atom. The molecule has 1 aromatic heterocycles. The summed E-state index contributed by atoms with van der Waals surface area (Å²) in [6.45, 7) is 12.8. The fourth-order valence-electron chi connectivity index (χ4n) is 2.54. The summed E-state index contributed by atoms with van der Waals surface area (Å²) >= 11 is 7.72. The van der Waals surface area contributed by atoms with Crippen LogP contribution in [0.1, 0.15) is 29.9 Å². The first kappa shape index (κ1) is 19.4. The lowest BCUT2D eigenvalue weighted by atomic mass is 10.1. The van der Waals surface area contributed by atoms with Crippen LogP contribution in [0.5, 0.6) is 0 Å². The van der Waals surface area contributed by atoms with E-state index in [2.05, 4.69) is 42.6 Å². The lowest BCUT2D eigenvalue weighted by Gasteiger charge is -2.19. The summed E-state index contributed by atoms with van der Waals surface area (Å²) in [7, 11) is 0. The zero-order valence-electron chi connectivity index (χ0n) is 15.3. The Morgan fingerprint density at radius 1 is 1.37 bits per heavy atom. The Kier molecular flexibility index (Phi) is 5.82. The molecule has 3 rings (SSSR count). The van der Waals surface area contributed by atoms with Gasteiger partial charge in [0.2, 0.25) is 0 Å². The molecule has 6 heteroatoms. The molecule has 2 N–H and O–H groups in total. The van der Waals surface area contributed by atoms with Crippen LogP contribution in [0.3, 0.4) is 0 Å². The number of benzene rings is 1. The smallest absolute Gasteiger partial charge is 0.143 e. The van der Waals surface area contributed by atoms with E-state index < -0.39 is 0 Å². The lowest BCUT2D eigenvalue weighted by molar-refractivity contribution is 0.630. The number of halogens is 2. The fraction of sp³-hybridized carbons (Fsp3) is 0.190. The second-order valence-electron chi connectivity index (χ2n) is 6.59. The highest BCUT2D eigenvalue weighted by Crippen LogP contribution is 2.29. The maximum Gasteiger partial charge on any atom is 0.143 e. The van der Waals surface area contributed by atoms with E-state index in [1.165, 1.54) is 17.4 Å². The number of rotatable bonds is 6. The van der Waals surface area contributed by atoms with Gasteiger partial charge in [-0.2, -0.15) is 0 Å². The molecule has 0 fully saturated rings. The van der Waals surface area contributed by atoms with Gasteiger partial charge in [0, 0.05) is 23.5 Å². The number of thiophene rings is 1. The van der Waals surface area contributed by atoms with Crippen molar-refractivity contribution in [3.05, 3.63) is 87.1 Å². The molecule has 0 saturated heterocycles. The Hall–Kier alpha value is -2.37. The molecule has 0 amide bonds. The van der Waals surface area contributed by atoms with Crippen molar-refractivity contribution < 1.29 is 4.39 Å². The summed E-state index contributed by atoms with van der Waals surface area (Å²) in [6, 6.07) is 7.19. The van der Waals surface area contributed by atoms with Crippen molar-refractivity contribution in [3.8, 4) is 0 Å². The van der Waals surface area contributed by atoms with Gasteiger partial charge in [0.25, 0.3) is 0 Å². The van der Waals surface area contributed by atoms with Crippen LogP contribution in [0.4, 0.5) is 4.39 Å². The van der Waals surface area contributed by atoms with E-state index >= 15 is 0 Å². The quantitative estimate of drug-likeness (QED) is 0.650. The molecular formula is C21H21ClFN3S. The van der Waals surface area contributed by atoms with E-state index in [1.54, 1.807) is 11.5 Å². The predicted octanol–water partition coefficient (Wildman–Crippen LogP) is 5.70. The summed E-state index contributed by atoms with van der Waals surface area (Å²) in [5, 5.41) is 8.72. The second-order valence-corrected chi connectivity index (χ2v) is 7.91. The fourth-order valence-corrected chi connectivity index (χ4v) is 3.47.